The van der Waals surface area contributed by atoms with Gasteiger partial charge in [0, 0.05) is 21.4 Å². The molecule has 0 saturated heterocycles. The highest BCUT2D eigenvalue weighted by Crippen LogP contribution is 2.32. The molecule has 0 atom stereocenters. The Morgan fingerprint density at radius 1 is 0.453 bits per heavy atom. The van der Waals surface area contributed by atoms with Gasteiger partial charge in [-0.1, -0.05) is 111 Å². The fraction of sp³-hybridized carbons (Fsp3) is 0.300. The molecule has 7 nitrogen and oxygen atoms in total. The summed E-state index contributed by atoms with van der Waals surface area (Å²) >= 11 is 0. The van der Waals surface area contributed by atoms with Crippen molar-refractivity contribution in [2.45, 2.75) is 86.3 Å². The molecule has 2 heterocycles. The number of hydrogen-bond donors (Lipinski definition) is 0. The molecule has 4 aromatic carbocycles. The zero-order chi connectivity index (χ0) is 38.5. The maximum Gasteiger partial charge on any atom is 0.268 e. The maximum absolute atomic E-state index is 14.2. The van der Waals surface area contributed by atoms with Gasteiger partial charge in [-0.2, -0.15) is 0 Å². The highest BCUT2D eigenvalue weighted by Gasteiger charge is 2.40. The van der Waals surface area contributed by atoms with E-state index in [4.69, 9.17) is 4.12 Å². The van der Waals surface area contributed by atoms with Crippen molar-refractivity contribution >= 4 is 85.3 Å². The normalized spacial score (nSPS) is 13.6. The predicted molar refractivity (Wildman–Crippen MR) is 231 cm³/mol. The third kappa shape index (κ3) is 8.07. The van der Waals surface area contributed by atoms with Crippen LogP contribution in [0.3, 0.4) is 0 Å². The van der Waals surface area contributed by atoms with E-state index in [0.717, 1.165) is 56.6 Å². The lowest BCUT2D eigenvalue weighted by Crippen LogP contribution is -2.51. The van der Waals surface area contributed by atoms with Gasteiger partial charge < -0.3 is 4.12 Å². The summed E-state index contributed by atoms with van der Waals surface area (Å²) in [6.07, 6.45) is 0. The Morgan fingerprint density at radius 2 is 0.774 bits per heavy atom. The van der Waals surface area contributed by atoms with Gasteiger partial charge >= 0.3 is 0 Å². The molecule has 280 valence electrons. The van der Waals surface area contributed by atoms with Crippen LogP contribution in [0.25, 0.3) is 21.8 Å². The Bertz CT molecular complexity index is 2300. The van der Waals surface area contributed by atoms with Crippen molar-refractivity contribution in [1.82, 2.24) is 7.94 Å². The molecular formula is C40H52N2O5S2Si4. The number of benzene rings is 4. The Labute approximate surface area is 320 Å². The first-order chi connectivity index (χ1) is 24.8. The lowest BCUT2D eigenvalue weighted by atomic mass is 10.3. The second-order valence-corrected chi connectivity index (χ2v) is 38.7. The minimum atomic E-state index is -3.80. The smallest absolute Gasteiger partial charge is 0.268 e. The third-order valence-electron chi connectivity index (χ3n) is 10.5. The molecule has 6 aromatic rings. The SMILES string of the molecule is C[Si](C)(CC[Si](C)(C)c1cc2ccccc2n1S(=O)(=O)c1ccccc1)O[Si](C)(C)CC[Si](C)(C)c1cc2ccccc2n1S(=O)(=O)c1ccccc1. The summed E-state index contributed by atoms with van der Waals surface area (Å²) in [6.45, 7) is 18.3. The van der Waals surface area contributed by atoms with Crippen LogP contribution in [0, 0.1) is 0 Å². The van der Waals surface area contributed by atoms with Crippen molar-refractivity contribution in [2.75, 3.05) is 0 Å². The lowest BCUT2D eigenvalue weighted by Gasteiger charge is -2.37. The second kappa shape index (κ2) is 14.4. The predicted octanol–water partition coefficient (Wildman–Crippen LogP) is 9.03. The maximum atomic E-state index is 14.2. The van der Waals surface area contributed by atoms with Crippen LogP contribution < -0.4 is 10.6 Å². The monoisotopic (exact) mass is 816 g/mol. The van der Waals surface area contributed by atoms with E-state index in [9.17, 15) is 16.8 Å². The number of para-hydroxylation sites is 2. The van der Waals surface area contributed by atoms with E-state index < -0.39 is 52.8 Å². The van der Waals surface area contributed by atoms with Crippen LogP contribution >= 0.6 is 0 Å². The molecule has 0 amide bonds. The van der Waals surface area contributed by atoms with E-state index in [1.54, 1.807) is 56.5 Å². The van der Waals surface area contributed by atoms with Crippen LogP contribution in [0.4, 0.5) is 0 Å². The van der Waals surface area contributed by atoms with Crippen molar-refractivity contribution in [2.24, 2.45) is 0 Å². The molecule has 2 aromatic heterocycles. The molecule has 0 fully saturated rings. The molecule has 0 radical (unpaired) electrons. The third-order valence-corrected chi connectivity index (χ3v) is 29.2. The van der Waals surface area contributed by atoms with Gasteiger partial charge in [-0.05, 0) is 86.8 Å². The summed E-state index contributed by atoms with van der Waals surface area (Å²) in [6, 6.07) is 40.9. The first-order valence-corrected chi connectivity index (χ1v) is 33.8. The molecule has 0 aliphatic carbocycles. The highest BCUT2D eigenvalue weighted by atomic mass is 32.2. The van der Waals surface area contributed by atoms with E-state index in [0.29, 0.717) is 9.79 Å². The van der Waals surface area contributed by atoms with E-state index in [2.05, 4.69) is 64.5 Å². The van der Waals surface area contributed by atoms with Crippen molar-refractivity contribution in [3.63, 3.8) is 0 Å². The molecular weight excluding hydrogens is 765 g/mol. The standard InChI is InChI=1S/C40H52N2O5S2Si4/c1-50(2,39-31-33-19-15-17-25-37(33)41(39)48(43,44)35-21-11-9-12-22-35)27-29-52(5,6)47-53(7,8)30-28-51(3,4)40-32-34-20-16-18-26-38(34)42(40)49(45,46)36-23-13-10-14-24-36/h9-26,31-32H,27-30H2,1-8H3. The fourth-order valence-corrected chi connectivity index (χ4v) is 32.1. The first-order valence-electron chi connectivity index (χ1n) is 18.3. The fourth-order valence-electron chi connectivity index (χ4n) is 7.45. The summed E-state index contributed by atoms with van der Waals surface area (Å²) in [7, 11) is -16.5. The van der Waals surface area contributed by atoms with Crippen LogP contribution in [0.1, 0.15) is 0 Å². The zero-order valence-corrected chi connectivity index (χ0v) is 37.8. The lowest BCUT2D eigenvalue weighted by molar-refractivity contribution is 0.541. The Morgan fingerprint density at radius 3 is 1.13 bits per heavy atom. The molecule has 0 aliphatic heterocycles. The quantitative estimate of drug-likeness (QED) is 0.103. The summed E-state index contributed by atoms with van der Waals surface area (Å²) in [5.41, 5.74) is 1.44. The summed E-state index contributed by atoms with van der Waals surface area (Å²) in [4.78, 5) is 0.588. The van der Waals surface area contributed by atoms with Crippen molar-refractivity contribution in [3.8, 4) is 0 Å². The molecule has 0 N–H and O–H groups in total. The summed E-state index contributed by atoms with van der Waals surface area (Å²) in [5.74, 6) is 0. The minimum absolute atomic E-state index is 0.294. The first kappa shape index (κ1) is 39.4. The molecule has 0 saturated carbocycles. The Hall–Kier alpha value is -3.31. The highest BCUT2D eigenvalue weighted by molar-refractivity contribution is 7.90. The van der Waals surface area contributed by atoms with Crippen molar-refractivity contribution < 1.29 is 21.0 Å². The number of aromatic nitrogens is 2. The van der Waals surface area contributed by atoms with Crippen molar-refractivity contribution in [3.05, 3.63) is 121 Å². The van der Waals surface area contributed by atoms with E-state index >= 15 is 0 Å². The van der Waals surface area contributed by atoms with E-state index in [-0.39, 0.29) is 0 Å². The second-order valence-electron chi connectivity index (χ2n) is 16.7. The molecule has 0 unspecified atom stereocenters. The Balaban J connectivity index is 1.21. The average molecular weight is 817 g/mol. The van der Waals surface area contributed by atoms with Crippen molar-refractivity contribution in [1.29, 1.82) is 0 Å². The minimum Gasteiger partial charge on any atom is -0.456 e. The largest absolute Gasteiger partial charge is 0.456 e. The summed E-state index contributed by atoms with van der Waals surface area (Å²) < 4.78 is 67.1. The van der Waals surface area contributed by atoms with Gasteiger partial charge in [0.25, 0.3) is 20.0 Å². The molecule has 0 spiro atoms. The van der Waals surface area contributed by atoms with Crippen LogP contribution in [0.2, 0.25) is 76.6 Å². The molecule has 53 heavy (non-hydrogen) atoms. The van der Waals surface area contributed by atoms with Gasteiger partial charge in [0.05, 0.1) is 20.8 Å². The number of fused-ring (bicyclic) bond motifs is 2. The van der Waals surface area contributed by atoms with Gasteiger partial charge in [0.2, 0.25) is 0 Å². The van der Waals surface area contributed by atoms with Crippen LogP contribution in [-0.4, -0.2) is 57.6 Å². The number of rotatable bonds is 14. The summed E-state index contributed by atoms with van der Waals surface area (Å²) in [5, 5.41) is 3.70. The molecule has 0 aliphatic rings. The number of hydrogen-bond acceptors (Lipinski definition) is 5. The van der Waals surface area contributed by atoms with Crippen LogP contribution in [0.15, 0.2) is 131 Å². The molecule has 0 bridgehead atoms. The van der Waals surface area contributed by atoms with Gasteiger partial charge in [-0.3, -0.25) is 0 Å². The van der Waals surface area contributed by atoms with E-state index in [1.807, 2.05) is 60.7 Å². The Kier molecular flexibility index (Phi) is 10.7. The van der Waals surface area contributed by atoms with E-state index in [1.165, 1.54) is 0 Å². The topological polar surface area (TPSA) is 87.4 Å². The molecule has 6 rings (SSSR count). The van der Waals surface area contributed by atoms with Gasteiger partial charge in [-0.15, -0.1) is 0 Å². The van der Waals surface area contributed by atoms with Gasteiger partial charge in [-0.25, -0.2) is 24.8 Å². The van der Waals surface area contributed by atoms with Crippen LogP contribution in [-0.2, 0) is 24.2 Å². The number of nitrogens with zero attached hydrogens (tertiary/aromatic N) is 2. The molecule has 13 heteroatoms. The zero-order valence-electron chi connectivity index (χ0n) is 32.1. The van der Waals surface area contributed by atoms with Crippen LogP contribution in [0.5, 0.6) is 0 Å². The van der Waals surface area contributed by atoms with Gasteiger partial charge in [0.1, 0.15) is 16.1 Å². The van der Waals surface area contributed by atoms with Gasteiger partial charge in [0.15, 0.2) is 16.6 Å². The average Bonchev–Trinajstić information content (AvgIpc) is 3.72.